The Bertz CT molecular complexity index is 1210. The second-order valence-corrected chi connectivity index (χ2v) is 9.15. The predicted octanol–water partition coefficient (Wildman–Crippen LogP) is 3.76. The zero-order valence-electron chi connectivity index (χ0n) is 15.1. The van der Waals surface area contributed by atoms with Crippen molar-refractivity contribution in [3.05, 3.63) is 70.6 Å². The summed E-state index contributed by atoms with van der Waals surface area (Å²) in [5, 5.41) is 2.86. The first kappa shape index (κ1) is 18.4. The van der Waals surface area contributed by atoms with Crippen LogP contribution < -0.4 is 10.9 Å². The number of hydrogen-bond acceptors (Lipinski definition) is 5. The summed E-state index contributed by atoms with van der Waals surface area (Å²) < 4.78 is 30.7. The fraction of sp³-hybridized carbons (Fsp3) is 0.238. The minimum Gasteiger partial charge on any atom is -0.422 e. The van der Waals surface area contributed by atoms with Crippen molar-refractivity contribution >= 4 is 32.4 Å². The Labute approximate surface area is 162 Å². The Kier molecular flexibility index (Phi) is 4.77. The van der Waals surface area contributed by atoms with E-state index >= 15 is 0 Å². The molecule has 0 aliphatic heterocycles. The molecule has 0 saturated heterocycles. The molecule has 0 radical (unpaired) electrons. The largest absolute Gasteiger partial charge is 0.422 e. The zero-order chi connectivity index (χ0) is 19.7. The lowest BCUT2D eigenvalue weighted by Crippen LogP contribution is -2.21. The van der Waals surface area contributed by atoms with Gasteiger partial charge in [0.15, 0.2) is 9.84 Å². The third-order valence-electron chi connectivity index (χ3n) is 5.05. The van der Waals surface area contributed by atoms with Gasteiger partial charge in [-0.3, -0.25) is 4.79 Å². The van der Waals surface area contributed by atoms with Gasteiger partial charge in [0, 0.05) is 11.1 Å². The summed E-state index contributed by atoms with van der Waals surface area (Å²) in [7, 11) is -3.43. The molecule has 0 atom stereocenters. The van der Waals surface area contributed by atoms with Crippen molar-refractivity contribution in [2.75, 3.05) is 5.32 Å². The van der Waals surface area contributed by atoms with Crippen LogP contribution in [0.4, 0.5) is 5.69 Å². The third-order valence-corrected chi connectivity index (χ3v) is 7.31. The van der Waals surface area contributed by atoms with Crippen molar-refractivity contribution in [3.8, 4) is 0 Å². The monoisotopic (exact) mass is 397 g/mol. The van der Waals surface area contributed by atoms with Crippen LogP contribution in [0, 0.1) is 0 Å². The van der Waals surface area contributed by atoms with Crippen LogP contribution >= 0.6 is 0 Å². The van der Waals surface area contributed by atoms with Crippen molar-refractivity contribution < 1.29 is 17.6 Å². The third kappa shape index (κ3) is 3.45. The van der Waals surface area contributed by atoms with E-state index in [2.05, 4.69) is 5.32 Å². The minimum absolute atomic E-state index is 0.136. The Morgan fingerprint density at radius 2 is 1.75 bits per heavy atom. The zero-order valence-corrected chi connectivity index (χ0v) is 15.9. The Morgan fingerprint density at radius 1 is 1.00 bits per heavy atom. The summed E-state index contributed by atoms with van der Waals surface area (Å²) in [4.78, 5) is 24.9. The van der Waals surface area contributed by atoms with E-state index in [0.717, 1.165) is 12.8 Å². The first-order chi connectivity index (χ1) is 13.4. The normalized spacial score (nSPS) is 15.0. The van der Waals surface area contributed by atoms with Crippen molar-refractivity contribution in [1.82, 2.24) is 0 Å². The highest BCUT2D eigenvalue weighted by atomic mass is 32.2. The summed E-state index contributed by atoms with van der Waals surface area (Å²) in [6.45, 7) is 0. The molecule has 1 N–H and O–H groups in total. The summed E-state index contributed by atoms with van der Waals surface area (Å²) >= 11 is 0. The summed E-state index contributed by atoms with van der Waals surface area (Å²) in [6.07, 6.45) is 3.16. The topological polar surface area (TPSA) is 93.4 Å². The summed E-state index contributed by atoms with van der Waals surface area (Å²) in [5.41, 5.74) is -0.168. The summed E-state index contributed by atoms with van der Waals surface area (Å²) in [5.74, 6) is -0.644. The van der Waals surface area contributed by atoms with Gasteiger partial charge >= 0.3 is 5.63 Å². The molecule has 6 nitrogen and oxygen atoms in total. The number of fused-ring (bicyclic) bond motifs is 1. The lowest BCUT2D eigenvalue weighted by atomic mass is 10.1. The molecule has 144 valence electrons. The first-order valence-electron chi connectivity index (χ1n) is 9.13. The summed E-state index contributed by atoms with van der Waals surface area (Å²) in [6, 6.07) is 14.5. The van der Waals surface area contributed by atoms with Crippen LogP contribution in [-0.2, 0) is 9.84 Å². The van der Waals surface area contributed by atoms with Crippen molar-refractivity contribution in [2.45, 2.75) is 35.8 Å². The van der Waals surface area contributed by atoms with Gasteiger partial charge in [0.2, 0.25) is 0 Å². The molecular weight excluding hydrogens is 378 g/mol. The molecule has 1 aliphatic rings. The number of carbonyl (C=O) groups excluding carboxylic acids is 1. The van der Waals surface area contributed by atoms with Gasteiger partial charge in [0.05, 0.1) is 10.1 Å². The molecule has 1 fully saturated rings. The maximum absolute atomic E-state index is 12.8. The second kappa shape index (κ2) is 7.24. The molecule has 0 bridgehead atoms. The quantitative estimate of drug-likeness (QED) is 0.677. The highest BCUT2D eigenvalue weighted by Gasteiger charge is 2.30. The number of sulfone groups is 1. The Morgan fingerprint density at radius 3 is 2.54 bits per heavy atom. The molecule has 4 rings (SSSR count). The maximum Gasteiger partial charge on any atom is 0.349 e. The standard InChI is InChI=1S/C21H19NO5S/c23-20(18-12-14-6-1-4-11-19(14)27-21(18)24)22-15-7-5-10-17(13-15)28(25,26)16-8-2-3-9-16/h1,4-7,10-13,16H,2-3,8-9H2,(H,22,23). The van der Waals surface area contributed by atoms with E-state index in [9.17, 15) is 18.0 Å². The lowest BCUT2D eigenvalue weighted by Gasteiger charge is -2.12. The van der Waals surface area contributed by atoms with E-state index in [1.807, 2.05) is 0 Å². The van der Waals surface area contributed by atoms with Gasteiger partial charge in [-0.15, -0.1) is 0 Å². The maximum atomic E-state index is 12.8. The van der Waals surface area contributed by atoms with Crippen LogP contribution in [0.2, 0.25) is 0 Å². The van der Waals surface area contributed by atoms with E-state index < -0.39 is 21.4 Å². The second-order valence-electron chi connectivity index (χ2n) is 6.92. The number of rotatable bonds is 4. The van der Waals surface area contributed by atoms with Gasteiger partial charge in [-0.2, -0.15) is 0 Å². The van der Waals surface area contributed by atoms with Crippen LogP contribution in [0.25, 0.3) is 11.0 Å². The Hall–Kier alpha value is -2.93. The van der Waals surface area contributed by atoms with Crippen molar-refractivity contribution in [2.24, 2.45) is 0 Å². The number of amides is 1. The molecule has 28 heavy (non-hydrogen) atoms. The molecule has 7 heteroatoms. The molecule has 0 spiro atoms. The fourth-order valence-corrected chi connectivity index (χ4v) is 5.46. The van der Waals surface area contributed by atoms with E-state index in [0.29, 0.717) is 29.5 Å². The van der Waals surface area contributed by atoms with Crippen LogP contribution in [0.1, 0.15) is 36.0 Å². The van der Waals surface area contributed by atoms with Gasteiger partial charge in [0.1, 0.15) is 11.1 Å². The molecule has 0 unspecified atom stereocenters. The van der Waals surface area contributed by atoms with E-state index in [1.165, 1.54) is 18.2 Å². The van der Waals surface area contributed by atoms with Crippen LogP contribution in [0.3, 0.4) is 0 Å². The molecule has 1 saturated carbocycles. The van der Waals surface area contributed by atoms with Gasteiger partial charge < -0.3 is 9.73 Å². The lowest BCUT2D eigenvalue weighted by molar-refractivity contribution is 0.102. The van der Waals surface area contributed by atoms with Gasteiger partial charge in [-0.1, -0.05) is 37.1 Å². The Balaban J connectivity index is 1.62. The number of para-hydroxylation sites is 1. The van der Waals surface area contributed by atoms with Gasteiger partial charge in [0.25, 0.3) is 5.91 Å². The highest BCUT2D eigenvalue weighted by molar-refractivity contribution is 7.92. The molecular formula is C21H19NO5S. The first-order valence-corrected chi connectivity index (χ1v) is 10.7. The van der Waals surface area contributed by atoms with Crippen LogP contribution in [-0.4, -0.2) is 19.6 Å². The number of hydrogen-bond donors (Lipinski definition) is 1. The van der Waals surface area contributed by atoms with Crippen LogP contribution in [0.15, 0.2) is 68.7 Å². The van der Waals surface area contributed by atoms with Crippen molar-refractivity contribution in [1.29, 1.82) is 0 Å². The average Bonchev–Trinajstić information content (AvgIpc) is 3.23. The smallest absolute Gasteiger partial charge is 0.349 e. The predicted molar refractivity (Wildman–Crippen MR) is 106 cm³/mol. The van der Waals surface area contributed by atoms with E-state index in [4.69, 9.17) is 4.42 Å². The number of benzene rings is 2. The van der Waals surface area contributed by atoms with Gasteiger partial charge in [-0.25, -0.2) is 13.2 Å². The average molecular weight is 397 g/mol. The van der Waals surface area contributed by atoms with E-state index in [1.54, 1.807) is 36.4 Å². The number of carbonyl (C=O) groups is 1. The highest BCUT2D eigenvalue weighted by Crippen LogP contribution is 2.30. The number of nitrogens with one attached hydrogen (secondary N) is 1. The molecule has 1 aromatic heterocycles. The SMILES string of the molecule is O=C(Nc1cccc(S(=O)(=O)C2CCCC2)c1)c1cc2ccccc2oc1=O. The van der Waals surface area contributed by atoms with Gasteiger partial charge in [-0.05, 0) is 43.2 Å². The molecule has 3 aromatic rings. The molecule has 2 aromatic carbocycles. The van der Waals surface area contributed by atoms with E-state index in [-0.39, 0.29) is 15.7 Å². The minimum atomic E-state index is -3.43. The number of anilines is 1. The molecule has 1 amide bonds. The molecule has 1 heterocycles. The fourth-order valence-electron chi connectivity index (χ4n) is 3.56. The van der Waals surface area contributed by atoms with Crippen LogP contribution in [0.5, 0.6) is 0 Å². The molecule has 1 aliphatic carbocycles. The van der Waals surface area contributed by atoms with Crippen molar-refractivity contribution in [3.63, 3.8) is 0 Å².